The van der Waals surface area contributed by atoms with E-state index in [1.54, 1.807) is 36.4 Å². The van der Waals surface area contributed by atoms with Gasteiger partial charge >= 0.3 is 0 Å². The number of rotatable bonds is 15. The summed E-state index contributed by atoms with van der Waals surface area (Å²) in [6.45, 7) is 10.7. The summed E-state index contributed by atoms with van der Waals surface area (Å²) in [6.07, 6.45) is 3.17. The summed E-state index contributed by atoms with van der Waals surface area (Å²) in [5.74, 6) is -2.09. The van der Waals surface area contributed by atoms with Gasteiger partial charge in [0.2, 0.25) is 12.1 Å². The van der Waals surface area contributed by atoms with Gasteiger partial charge < -0.3 is 10.6 Å². The summed E-state index contributed by atoms with van der Waals surface area (Å²) >= 11 is 13.2. The first-order valence-electron chi connectivity index (χ1n) is 17.2. The summed E-state index contributed by atoms with van der Waals surface area (Å²) in [4.78, 5) is 50.9. The number of ketones is 2. The fraction of sp³-hybridized carbons (Fsp3) is 0.300. The number of Topliss-reactive ketones (excluding diaryl/α,β-unsaturated/α-hetero) is 2. The first kappa shape index (κ1) is 39.7. The van der Waals surface area contributed by atoms with E-state index in [4.69, 9.17) is 23.2 Å². The van der Waals surface area contributed by atoms with Gasteiger partial charge in [-0.2, -0.15) is 20.5 Å². The molecule has 0 aromatic heterocycles. The van der Waals surface area contributed by atoms with E-state index in [2.05, 4.69) is 44.9 Å². The lowest BCUT2D eigenvalue weighted by Gasteiger charge is -2.14. The van der Waals surface area contributed by atoms with Gasteiger partial charge in [0.05, 0.1) is 15.7 Å². The lowest BCUT2D eigenvalue weighted by molar-refractivity contribution is -0.127. The van der Waals surface area contributed by atoms with Gasteiger partial charge in [0.1, 0.15) is 5.69 Å². The van der Waals surface area contributed by atoms with Crippen molar-refractivity contribution in [1.29, 1.82) is 0 Å². The van der Waals surface area contributed by atoms with Crippen molar-refractivity contribution < 1.29 is 19.2 Å². The highest BCUT2D eigenvalue weighted by Gasteiger charge is 2.25. The Kier molecular flexibility index (Phi) is 14.1. The molecule has 2 atom stereocenters. The average Bonchev–Trinajstić information content (AvgIpc) is 3.13. The third-order valence-corrected chi connectivity index (χ3v) is 9.38. The van der Waals surface area contributed by atoms with E-state index < -0.39 is 35.5 Å². The van der Waals surface area contributed by atoms with Crippen molar-refractivity contribution >= 4 is 69.3 Å². The minimum atomic E-state index is -1.39. The number of anilines is 2. The summed E-state index contributed by atoms with van der Waals surface area (Å²) < 4.78 is 0. The van der Waals surface area contributed by atoms with Crippen molar-refractivity contribution in [3.8, 4) is 11.1 Å². The fourth-order valence-corrected chi connectivity index (χ4v) is 5.86. The second kappa shape index (κ2) is 18.4. The Morgan fingerprint density at radius 3 is 1.52 bits per heavy atom. The van der Waals surface area contributed by atoms with Crippen molar-refractivity contribution in [2.75, 3.05) is 10.6 Å². The molecule has 0 aliphatic carbocycles. The molecule has 0 bridgehead atoms. The summed E-state index contributed by atoms with van der Waals surface area (Å²) in [7, 11) is 0. The molecule has 0 aliphatic rings. The van der Waals surface area contributed by atoms with Gasteiger partial charge in [-0.3, -0.25) is 19.2 Å². The van der Waals surface area contributed by atoms with Crippen molar-refractivity contribution in [2.45, 2.75) is 79.3 Å². The summed E-state index contributed by atoms with van der Waals surface area (Å²) in [5, 5.41) is 22.3. The van der Waals surface area contributed by atoms with E-state index in [1.807, 2.05) is 50.2 Å². The van der Waals surface area contributed by atoms with Gasteiger partial charge in [-0.05, 0) is 97.7 Å². The van der Waals surface area contributed by atoms with Crippen LogP contribution in [-0.2, 0) is 44.9 Å². The maximum atomic E-state index is 13.1. The molecule has 0 saturated heterocycles. The second-order valence-corrected chi connectivity index (χ2v) is 12.9. The Balaban J connectivity index is 1.47. The fourth-order valence-electron chi connectivity index (χ4n) is 5.39. The number of hydrogen-bond acceptors (Lipinski definition) is 8. The molecule has 0 fully saturated rings. The van der Waals surface area contributed by atoms with E-state index >= 15 is 0 Å². The van der Waals surface area contributed by atoms with Crippen LogP contribution >= 0.6 is 23.2 Å². The first-order chi connectivity index (χ1) is 24.9. The summed E-state index contributed by atoms with van der Waals surface area (Å²) in [6, 6.07) is 19.0. The van der Waals surface area contributed by atoms with Crippen molar-refractivity contribution in [3.63, 3.8) is 0 Å². The lowest BCUT2D eigenvalue weighted by Crippen LogP contribution is -2.32. The van der Waals surface area contributed by atoms with Crippen LogP contribution in [0.15, 0.2) is 93.3 Å². The van der Waals surface area contributed by atoms with Crippen molar-refractivity contribution in [1.82, 2.24) is 0 Å². The van der Waals surface area contributed by atoms with Gasteiger partial charge in [-0.25, -0.2) is 0 Å². The molecule has 10 nitrogen and oxygen atoms in total. The Morgan fingerprint density at radius 1 is 0.596 bits per heavy atom. The Morgan fingerprint density at radius 2 is 1.08 bits per heavy atom. The zero-order chi connectivity index (χ0) is 37.9. The molecule has 270 valence electrons. The van der Waals surface area contributed by atoms with Crippen LogP contribution in [0.1, 0.15) is 63.8 Å². The number of nitrogens with one attached hydrogen (secondary N) is 2. The topological polar surface area (TPSA) is 142 Å². The molecule has 0 aliphatic heterocycles. The number of carbonyl (C=O) groups excluding carboxylic acids is 4. The van der Waals surface area contributed by atoms with Crippen molar-refractivity contribution in [3.05, 3.63) is 105 Å². The number of hydrogen-bond donors (Lipinski definition) is 2. The minimum Gasteiger partial charge on any atom is -0.324 e. The highest BCUT2D eigenvalue weighted by molar-refractivity contribution is 6.45. The predicted octanol–water partition coefficient (Wildman–Crippen LogP) is 10.3. The van der Waals surface area contributed by atoms with E-state index in [0.717, 1.165) is 41.5 Å². The summed E-state index contributed by atoms with van der Waals surface area (Å²) in [5.41, 5.74) is 7.36. The molecule has 4 aromatic rings. The van der Waals surface area contributed by atoms with E-state index in [-0.39, 0.29) is 15.7 Å². The van der Waals surface area contributed by atoms with Crippen LogP contribution in [0.4, 0.5) is 22.7 Å². The van der Waals surface area contributed by atoms with Gasteiger partial charge in [-0.1, -0.05) is 93.4 Å². The zero-order valence-electron chi connectivity index (χ0n) is 30.1. The molecule has 0 heterocycles. The van der Waals surface area contributed by atoms with Crippen LogP contribution in [0.25, 0.3) is 11.1 Å². The first-order valence-corrected chi connectivity index (χ1v) is 17.9. The van der Waals surface area contributed by atoms with Gasteiger partial charge in [0, 0.05) is 16.9 Å². The monoisotopic (exact) mass is 740 g/mol. The number of carbonyl (C=O) groups is 4. The van der Waals surface area contributed by atoms with Crippen LogP contribution in [0, 0.1) is 0 Å². The van der Waals surface area contributed by atoms with Gasteiger partial charge in [0.15, 0.2) is 11.6 Å². The molecule has 52 heavy (non-hydrogen) atoms. The van der Waals surface area contributed by atoms with Gasteiger partial charge in [0.25, 0.3) is 11.8 Å². The quantitative estimate of drug-likeness (QED) is 0.0924. The highest BCUT2D eigenvalue weighted by atomic mass is 35.5. The SMILES string of the molecule is CCc1ccc(NC(=O)C(N=Nc2ccc(-c3ccc(N=NC(C(C)=O)C(=O)Nc4ccc(CC)cc4CC)c(Cl)c3Cl)cc2)C(C)=O)c(CC)c1. The second-order valence-electron chi connectivity index (χ2n) is 12.1. The lowest BCUT2D eigenvalue weighted by atomic mass is 10.0. The van der Waals surface area contributed by atoms with Gasteiger partial charge in [-0.15, -0.1) is 0 Å². The molecular formula is C40H42Cl2N6O4. The number of benzene rings is 4. The van der Waals surface area contributed by atoms with Crippen LogP contribution < -0.4 is 10.6 Å². The van der Waals surface area contributed by atoms with Crippen molar-refractivity contribution in [2.24, 2.45) is 20.5 Å². The third kappa shape index (κ3) is 9.83. The molecule has 4 rings (SSSR count). The van der Waals surface area contributed by atoms with E-state index in [9.17, 15) is 19.2 Å². The Hall–Kier alpha value is -5.06. The van der Waals surface area contributed by atoms with Crippen LogP contribution in [0.3, 0.4) is 0 Å². The van der Waals surface area contributed by atoms with Crippen LogP contribution in [0.5, 0.6) is 0 Å². The number of amides is 2. The number of azo groups is 2. The molecule has 0 saturated carbocycles. The Labute approximate surface area is 314 Å². The van der Waals surface area contributed by atoms with E-state index in [0.29, 0.717) is 34.6 Å². The largest absolute Gasteiger partial charge is 0.324 e. The molecule has 4 aromatic carbocycles. The molecule has 12 heteroatoms. The molecule has 0 radical (unpaired) electrons. The number of aryl methyl sites for hydroxylation is 4. The standard InChI is InChI=1S/C40H42Cl2N6O4/c1-7-25-11-18-32(27(9-3)21-25)43-39(51)37(23(5)49)47-45-30-15-13-29(14-16-30)31-17-20-34(36(42)35(31)41)46-48-38(24(6)50)40(52)44-33-19-12-26(8-2)22-28(33)10-4/h11-22,37-38H,7-10H2,1-6H3,(H,43,51)(H,44,52). The smallest absolute Gasteiger partial charge is 0.258 e. The molecular weight excluding hydrogens is 699 g/mol. The molecule has 2 unspecified atom stereocenters. The van der Waals surface area contributed by atoms with Crippen LogP contribution in [-0.4, -0.2) is 35.5 Å². The average molecular weight is 742 g/mol. The molecule has 2 N–H and O–H groups in total. The maximum absolute atomic E-state index is 13.1. The minimum absolute atomic E-state index is 0.0868. The third-order valence-electron chi connectivity index (χ3n) is 8.51. The molecule has 0 spiro atoms. The number of halogens is 2. The van der Waals surface area contributed by atoms with Crippen LogP contribution in [0.2, 0.25) is 10.0 Å². The highest BCUT2D eigenvalue weighted by Crippen LogP contribution is 2.40. The Bertz CT molecular complexity index is 2030. The van der Waals surface area contributed by atoms with E-state index in [1.165, 1.54) is 13.8 Å². The predicted molar refractivity (Wildman–Crippen MR) is 208 cm³/mol. The zero-order valence-corrected chi connectivity index (χ0v) is 31.6. The normalized spacial score (nSPS) is 12.5. The maximum Gasteiger partial charge on any atom is 0.258 e. The molecule has 2 amide bonds. The number of nitrogens with zero attached hydrogens (tertiary/aromatic N) is 4.